The molecule has 0 fully saturated rings. The number of benzene rings is 3. The van der Waals surface area contributed by atoms with Gasteiger partial charge in [0.1, 0.15) is 23.9 Å². The molecule has 3 aromatic rings. The molecule has 0 N–H and O–H groups in total. The van der Waals surface area contributed by atoms with Gasteiger partial charge in [0.2, 0.25) is 0 Å². The summed E-state index contributed by atoms with van der Waals surface area (Å²) in [5.74, 6) is 0.426. The zero-order valence-corrected chi connectivity index (χ0v) is 23.7. The molecule has 0 aromatic heterocycles. The van der Waals surface area contributed by atoms with Gasteiger partial charge in [0.15, 0.2) is 0 Å². The van der Waals surface area contributed by atoms with Crippen LogP contribution in [0.15, 0.2) is 64.5 Å². The highest BCUT2D eigenvalue weighted by Gasteiger charge is 2.39. The minimum Gasteiger partial charge on any atom is -0.496 e. The number of hydrogen-bond donors (Lipinski definition) is 0. The summed E-state index contributed by atoms with van der Waals surface area (Å²) in [7, 11) is -2.46. The van der Waals surface area contributed by atoms with E-state index in [2.05, 4.69) is 4.99 Å². The van der Waals surface area contributed by atoms with Crippen LogP contribution in [-0.2, 0) is 23.1 Å². The van der Waals surface area contributed by atoms with Gasteiger partial charge >= 0.3 is 0 Å². The van der Waals surface area contributed by atoms with Gasteiger partial charge in [-0.25, -0.2) is 12.8 Å². The van der Waals surface area contributed by atoms with Crippen LogP contribution in [0.25, 0.3) is 0 Å². The molecule has 0 saturated carbocycles. The van der Waals surface area contributed by atoms with Crippen molar-refractivity contribution in [2.24, 2.45) is 10.9 Å². The van der Waals surface area contributed by atoms with Crippen molar-refractivity contribution >= 4 is 33.0 Å². The molecule has 3 aromatic carbocycles. The summed E-state index contributed by atoms with van der Waals surface area (Å²) in [6.07, 6.45) is 0.663. The molecule has 0 radical (unpaired) electrons. The highest BCUT2D eigenvalue weighted by molar-refractivity contribution is 7.92. The number of hydrogen-bond acceptors (Lipinski definition) is 5. The molecule has 0 bridgehead atoms. The molecule has 0 spiro atoms. The first kappa shape index (κ1) is 27.9. The van der Waals surface area contributed by atoms with E-state index in [0.29, 0.717) is 30.2 Å². The van der Waals surface area contributed by atoms with Gasteiger partial charge in [0.05, 0.1) is 22.7 Å². The van der Waals surface area contributed by atoms with Crippen LogP contribution in [0.2, 0.25) is 5.02 Å². The molecule has 9 heteroatoms. The van der Waals surface area contributed by atoms with Gasteiger partial charge in [-0.1, -0.05) is 29.8 Å². The molecule has 1 aliphatic heterocycles. The largest absolute Gasteiger partial charge is 0.496 e. The normalized spacial score (nSPS) is 17.1. The number of rotatable bonds is 8. The van der Waals surface area contributed by atoms with Gasteiger partial charge in [0.25, 0.3) is 10.0 Å². The van der Waals surface area contributed by atoms with Crippen molar-refractivity contribution in [3.05, 3.63) is 82.1 Å². The zero-order valence-electron chi connectivity index (χ0n) is 22.2. The fraction of sp³-hybridized carbons (Fsp3) is 0.345. The minimum absolute atomic E-state index is 0.0245. The van der Waals surface area contributed by atoms with Crippen LogP contribution in [0.3, 0.4) is 0 Å². The number of methoxy groups -OCH3 is 1. The predicted octanol–water partition coefficient (Wildman–Crippen LogP) is 6.61. The van der Waals surface area contributed by atoms with E-state index < -0.39 is 15.8 Å². The maximum Gasteiger partial charge on any atom is 0.264 e. The Balaban J connectivity index is 1.76. The van der Waals surface area contributed by atoms with E-state index in [4.69, 9.17) is 21.1 Å². The fourth-order valence-electron chi connectivity index (χ4n) is 4.64. The highest BCUT2D eigenvalue weighted by Crippen LogP contribution is 2.41. The monoisotopic (exact) mass is 558 g/mol. The lowest BCUT2D eigenvalue weighted by Gasteiger charge is -2.41. The summed E-state index contributed by atoms with van der Waals surface area (Å²) < 4.78 is 55.3. The van der Waals surface area contributed by atoms with Crippen LogP contribution < -0.4 is 13.8 Å². The molecular weight excluding hydrogens is 527 g/mol. The molecule has 0 saturated heterocycles. The summed E-state index contributed by atoms with van der Waals surface area (Å²) in [5, 5.41) is 0.267. The zero-order chi connectivity index (χ0) is 27.6. The van der Waals surface area contributed by atoms with Crippen LogP contribution in [0.5, 0.6) is 11.5 Å². The smallest absolute Gasteiger partial charge is 0.264 e. The molecule has 2 unspecified atom stereocenters. The fourth-order valence-corrected chi connectivity index (χ4v) is 6.62. The molecular formula is C29H32ClFN2O4S. The van der Waals surface area contributed by atoms with E-state index in [0.717, 1.165) is 16.8 Å². The summed E-state index contributed by atoms with van der Waals surface area (Å²) in [6.45, 7) is 8.05. The summed E-state index contributed by atoms with van der Waals surface area (Å²) in [6, 6.07) is 14.3. The lowest BCUT2D eigenvalue weighted by atomic mass is 9.88. The molecule has 6 nitrogen and oxygen atoms in total. The van der Waals surface area contributed by atoms with Crippen molar-refractivity contribution in [2.75, 3.05) is 18.0 Å². The number of nitrogens with zero attached hydrogens (tertiary/aromatic N) is 2. The Labute approximate surface area is 229 Å². The Bertz CT molecular complexity index is 1450. The Morgan fingerprint density at radius 3 is 2.61 bits per heavy atom. The number of aryl methyl sites for hydroxylation is 1. The molecule has 4 rings (SSSR count). The lowest BCUT2D eigenvalue weighted by Crippen LogP contribution is -2.48. The molecule has 1 aliphatic rings. The Kier molecular flexibility index (Phi) is 8.33. The molecule has 38 heavy (non-hydrogen) atoms. The topological polar surface area (TPSA) is 68.2 Å². The van der Waals surface area contributed by atoms with E-state index in [1.807, 2.05) is 33.8 Å². The second-order valence-electron chi connectivity index (χ2n) is 9.70. The van der Waals surface area contributed by atoms with Crippen molar-refractivity contribution in [3.8, 4) is 11.5 Å². The maximum atomic E-state index is 14.3. The summed E-state index contributed by atoms with van der Waals surface area (Å²) in [4.78, 5) is 4.74. The van der Waals surface area contributed by atoms with Crippen LogP contribution >= 0.6 is 11.6 Å². The number of halogens is 2. The Hall–Kier alpha value is -3.10. The van der Waals surface area contributed by atoms with E-state index in [9.17, 15) is 12.8 Å². The first-order chi connectivity index (χ1) is 18.0. The minimum atomic E-state index is -3.97. The first-order valence-corrected chi connectivity index (χ1v) is 14.2. The Morgan fingerprint density at radius 1 is 1.16 bits per heavy atom. The third-order valence-corrected chi connectivity index (χ3v) is 9.10. The molecule has 1 heterocycles. The maximum absolute atomic E-state index is 14.3. The van der Waals surface area contributed by atoms with Crippen LogP contribution in [0, 0.1) is 18.7 Å². The molecule has 0 aliphatic carbocycles. The van der Waals surface area contributed by atoms with Crippen molar-refractivity contribution in [1.82, 2.24) is 0 Å². The third-order valence-electron chi connectivity index (χ3n) is 6.85. The van der Waals surface area contributed by atoms with E-state index in [1.54, 1.807) is 36.4 Å². The summed E-state index contributed by atoms with van der Waals surface area (Å²) in [5.41, 5.74) is 3.42. The average molecular weight is 559 g/mol. The van der Waals surface area contributed by atoms with Crippen LogP contribution in [-0.4, -0.2) is 33.8 Å². The van der Waals surface area contributed by atoms with Crippen LogP contribution in [0.1, 0.15) is 37.5 Å². The molecule has 2 atom stereocenters. The van der Waals surface area contributed by atoms with Crippen molar-refractivity contribution in [3.63, 3.8) is 0 Å². The first-order valence-electron chi connectivity index (χ1n) is 12.4. The predicted molar refractivity (Wildman–Crippen MR) is 150 cm³/mol. The van der Waals surface area contributed by atoms with Crippen LogP contribution in [0.4, 0.5) is 10.1 Å². The number of aliphatic imine (C=N–C) groups is 1. The van der Waals surface area contributed by atoms with Gasteiger partial charge in [0, 0.05) is 41.9 Å². The van der Waals surface area contributed by atoms with Gasteiger partial charge in [-0.15, -0.1) is 0 Å². The summed E-state index contributed by atoms with van der Waals surface area (Å²) >= 11 is 6.16. The highest BCUT2D eigenvalue weighted by atomic mass is 35.5. The number of sulfonamides is 1. The van der Waals surface area contributed by atoms with Gasteiger partial charge in [-0.05, 0) is 69.5 Å². The van der Waals surface area contributed by atoms with E-state index in [1.165, 1.54) is 23.5 Å². The third kappa shape index (κ3) is 5.66. The van der Waals surface area contributed by atoms with E-state index >= 15 is 0 Å². The lowest BCUT2D eigenvalue weighted by molar-refractivity contribution is 0.299. The van der Waals surface area contributed by atoms with Crippen molar-refractivity contribution < 1.29 is 22.3 Å². The SMILES string of the molecule is COc1cc(S(=O)(=O)N2c3cc(OCc4c(F)cccc4Cl)ccc3CC(CN=C(C)C)C2C)ccc1C. The molecule has 202 valence electrons. The molecule has 0 amide bonds. The number of anilines is 1. The van der Waals surface area contributed by atoms with Gasteiger partial charge in [-0.2, -0.15) is 0 Å². The van der Waals surface area contributed by atoms with Gasteiger partial charge in [-0.3, -0.25) is 9.30 Å². The number of fused-ring (bicyclic) bond motifs is 1. The quantitative estimate of drug-likeness (QED) is 0.292. The standard InChI is InChI=1S/C29H32ClFN2O4S/c1-18(2)32-16-22-13-21-10-11-23(37-17-25-26(30)7-6-8-27(25)31)14-28(21)33(20(22)4)38(34,35)24-12-9-19(3)29(15-24)36-5/h6-12,14-15,20,22H,13,16-17H2,1-5H3. The second kappa shape index (κ2) is 11.3. The second-order valence-corrected chi connectivity index (χ2v) is 11.9. The van der Waals surface area contributed by atoms with E-state index in [-0.39, 0.29) is 34.0 Å². The number of ether oxygens (including phenoxy) is 2. The van der Waals surface area contributed by atoms with Crippen molar-refractivity contribution in [2.45, 2.75) is 51.7 Å². The average Bonchev–Trinajstić information content (AvgIpc) is 2.87. The van der Waals surface area contributed by atoms with Gasteiger partial charge < -0.3 is 9.47 Å². The Morgan fingerprint density at radius 2 is 1.92 bits per heavy atom. The van der Waals surface area contributed by atoms with Crippen molar-refractivity contribution in [1.29, 1.82) is 0 Å².